The van der Waals surface area contributed by atoms with Crippen LogP contribution in [0.15, 0.2) is 12.2 Å². The highest BCUT2D eigenvalue weighted by molar-refractivity contribution is 5.80. The number of rotatable bonds is 49. The van der Waals surface area contributed by atoms with Crippen LogP contribution in [0.25, 0.3) is 0 Å². The van der Waals surface area contributed by atoms with Gasteiger partial charge in [0.25, 0.3) is 0 Å². The monoisotopic (exact) mass is 836 g/mol. The van der Waals surface area contributed by atoms with Crippen molar-refractivity contribution in [1.82, 2.24) is 5.32 Å². The van der Waals surface area contributed by atoms with E-state index < -0.39 is 36.9 Å². The first-order chi connectivity index (χ1) is 29.0. The molecule has 0 spiro atoms. The Morgan fingerprint density at radius 2 is 0.695 bits per heavy atom. The van der Waals surface area contributed by atoms with Crippen molar-refractivity contribution in [1.29, 1.82) is 0 Å². The topological polar surface area (TPSA) is 110 Å². The van der Waals surface area contributed by atoms with Crippen molar-refractivity contribution < 1.29 is 25.2 Å². The third-order valence-electron chi connectivity index (χ3n) is 12.7. The zero-order valence-corrected chi connectivity index (χ0v) is 39.8. The molecule has 59 heavy (non-hydrogen) atoms. The fourth-order valence-electron chi connectivity index (χ4n) is 8.53. The Kier molecular flexibility index (Phi) is 47.3. The molecule has 0 aromatic heterocycles. The molecule has 0 aliphatic heterocycles. The molecule has 0 radical (unpaired) electrons. The van der Waals surface area contributed by atoms with Crippen molar-refractivity contribution >= 4 is 5.91 Å². The second-order valence-corrected chi connectivity index (χ2v) is 18.6. The highest BCUT2D eigenvalue weighted by Gasteiger charge is 2.28. The minimum Gasteiger partial charge on any atom is -0.394 e. The molecule has 0 aliphatic rings. The maximum Gasteiger partial charge on any atom is 0.249 e. The van der Waals surface area contributed by atoms with Crippen LogP contribution in [0.5, 0.6) is 0 Å². The molecule has 0 rings (SSSR count). The van der Waals surface area contributed by atoms with Crippen molar-refractivity contribution in [2.24, 2.45) is 0 Å². The quantitative estimate of drug-likeness (QED) is 0.0310. The fraction of sp³-hybridized carbons (Fsp3) is 0.943. The summed E-state index contributed by atoms with van der Waals surface area (Å²) < 4.78 is 0. The molecule has 4 atom stereocenters. The lowest BCUT2D eigenvalue weighted by Crippen LogP contribution is -2.53. The van der Waals surface area contributed by atoms with Crippen molar-refractivity contribution in [3.05, 3.63) is 12.2 Å². The number of carbonyl (C=O) groups excluding carboxylic acids is 1. The van der Waals surface area contributed by atoms with Gasteiger partial charge in [-0.05, 0) is 38.5 Å². The lowest BCUT2D eigenvalue weighted by molar-refractivity contribution is -0.132. The third-order valence-corrected chi connectivity index (χ3v) is 12.7. The van der Waals surface area contributed by atoms with Gasteiger partial charge in [0.2, 0.25) is 5.91 Å². The van der Waals surface area contributed by atoms with Crippen LogP contribution in [0, 0.1) is 0 Å². The summed E-state index contributed by atoms with van der Waals surface area (Å²) in [4.78, 5) is 12.5. The van der Waals surface area contributed by atoms with E-state index in [1.165, 1.54) is 225 Å². The average molecular weight is 836 g/mol. The Bertz CT molecular complexity index is 852. The lowest BCUT2D eigenvalue weighted by atomic mass is 10.00. The first-order valence-corrected chi connectivity index (χ1v) is 26.6. The molecule has 352 valence electrons. The van der Waals surface area contributed by atoms with Crippen molar-refractivity contribution in [3.63, 3.8) is 0 Å². The van der Waals surface area contributed by atoms with E-state index in [1.54, 1.807) is 0 Å². The molecule has 0 fully saturated rings. The van der Waals surface area contributed by atoms with Gasteiger partial charge in [0, 0.05) is 0 Å². The second kappa shape index (κ2) is 48.1. The Balaban J connectivity index is 3.62. The van der Waals surface area contributed by atoms with Crippen LogP contribution < -0.4 is 5.32 Å². The number of hydrogen-bond donors (Lipinski definition) is 5. The summed E-state index contributed by atoms with van der Waals surface area (Å²) in [6.07, 6.45) is 55.7. The van der Waals surface area contributed by atoms with Gasteiger partial charge in [-0.1, -0.05) is 264 Å². The van der Waals surface area contributed by atoms with E-state index in [1.807, 2.05) is 0 Å². The molecule has 0 aromatic rings. The van der Waals surface area contributed by atoms with Crippen LogP contribution in [0.3, 0.4) is 0 Å². The van der Waals surface area contributed by atoms with Crippen molar-refractivity contribution in [2.75, 3.05) is 6.61 Å². The SMILES string of the molecule is CCCCCCCCCCCCCCCCCCCCCCCCC/C=C/CCCC(O)C(O)C(CO)NC(=O)C(O)CCCCCCCCCCCCCCCCC. The number of aliphatic hydroxyl groups excluding tert-OH is 4. The van der Waals surface area contributed by atoms with E-state index in [4.69, 9.17) is 0 Å². The normalized spacial score (nSPS) is 13.9. The number of aliphatic hydroxyl groups is 4. The van der Waals surface area contributed by atoms with E-state index in [9.17, 15) is 25.2 Å². The highest BCUT2D eigenvalue weighted by atomic mass is 16.3. The zero-order chi connectivity index (χ0) is 43.1. The molecule has 1 amide bonds. The predicted molar refractivity (Wildman–Crippen MR) is 256 cm³/mol. The number of unbranched alkanes of at least 4 members (excludes halogenated alkanes) is 38. The number of allylic oxidation sites excluding steroid dienone is 2. The molecule has 4 unspecified atom stereocenters. The van der Waals surface area contributed by atoms with Crippen LogP contribution in [-0.4, -0.2) is 57.3 Å². The van der Waals surface area contributed by atoms with Gasteiger partial charge in [0.1, 0.15) is 12.2 Å². The molecule has 5 N–H and O–H groups in total. The summed E-state index contributed by atoms with van der Waals surface area (Å²) in [6.45, 7) is 4.07. The van der Waals surface area contributed by atoms with E-state index in [-0.39, 0.29) is 0 Å². The van der Waals surface area contributed by atoms with E-state index in [0.29, 0.717) is 12.8 Å². The van der Waals surface area contributed by atoms with Gasteiger partial charge >= 0.3 is 0 Å². The van der Waals surface area contributed by atoms with Gasteiger partial charge in [-0.2, -0.15) is 0 Å². The minimum atomic E-state index is -1.28. The minimum absolute atomic E-state index is 0.368. The third kappa shape index (κ3) is 42.1. The van der Waals surface area contributed by atoms with Crippen molar-refractivity contribution in [3.8, 4) is 0 Å². The van der Waals surface area contributed by atoms with Gasteiger partial charge < -0.3 is 25.7 Å². The summed E-state index contributed by atoms with van der Waals surface area (Å²) in [6, 6.07) is -0.998. The Morgan fingerprint density at radius 3 is 1.02 bits per heavy atom. The Hall–Kier alpha value is -0.950. The number of nitrogens with one attached hydrogen (secondary N) is 1. The first kappa shape index (κ1) is 58.0. The molecule has 0 aliphatic carbocycles. The summed E-state index contributed by atoms with van der Waals surface area (Å²) >= 11 is 0. The Labute approximate surface area is 368 Å². The van der Waals surface area contributed by atoms with Crippen LogP contribution in [0.4, 0.5) is 0 Å². The molecule has 0 saturated carbocycles. The van der Waals surface area contributed by atoms with E-state index >= 15 is 0 Å². The first-order valence-electron chi connectivity index (χ1n) is 26.6. The summed E-state index contributed by atoms with van der Waals surface area (Å²) in [5.41, 5.74) is 0. The standard InChI is InChI=1S/C53H105NO5/c1-3-5-7-9-11-13-15-17-19-20-21-22-23-24-25-26-27-28-29-30-31-33-34-36-38-40-42-44-46-50(56)52(58)49(48-55)54-53(59)51(57)47-45-43-41-39-37-35-32-18-16-14-12-10-8-6-4-2/h38,40,49-52,55-58H,3-37,39,41-48H2,1-2H3,(H,54,59)/b40-38+. The average Bonchev–Trinajstić information content (AvgIpc) is 3.24. The summed E-state index contributed by atoms with van der Waals surface area (Å²) in [5.74, 6) is -0.589. The fourth-order valence-corrected chi connectivity index (χ4v) is 8.53. The van der Waals surface area contributed by atoms with Crippen LogP contribution >= 0.6 is 0 Å². The molecule has 0 saturated heterocycles. The number of amides is 1. The molecular weight excluding hydrogens is 731 g/mol. The maximum atomic E-state index is 12.5. The second-order valence-electron chi connectivity index (χ2n) is 18.6. The van der Waals surface area contributed by atoms with E-state index in [0.717, 1.165) is 38.5 Å². The van der Waals surface area contributed by atoms with Crippen molar-refractivity contribution in [2.45, 2.75) is 314 Å². The largest absolute Gasteiger partial charge is 0.394 e. The van der Waals surface area contributed by atoms with Gasteiger partial charge in [-0.15, -0.1) is 0 Å². The van der Waals surface area contributed by atoms with Crippen LogP contribution in [0.1, 0.15) is 290 Å². The molecular formula is C53H105NO5. The maximum absolute atomic E-state index is 12.5. The molecule has 0 heterocycles. The number of carbonyl (C=O) groups is 1. The van der Waals surface area contributed by atoms with E-state index in [2.05, 4.69) is 31.3 Å². The lowest BCUT2D eigenvalue weighted by Gasteiger charge is -2.27. The van der Waals surface area contributed by atoms with Crippen LogP contribution in [0.2, 0.25) is 0 Å². The summed E-state index contributed by atoms with van der Waals surface area (Å²) in [7, 11) is 0. The molecule has 6 nitrogen and oxygen atoms in total. The molecule has 6 heteroatoms. The predicted octanol–water partition coefficient (Wildman–Crippen LogP) is 14.9. The molecule has 0 aromatic carbocycles. The Morgan fingerprint density at radius 1 is 0.407 bits per heavy atom. The summed E-state index contributed by atoms with van der Waals surface area (Å²) in [5, 5.41) is 43.8. The molecule has 0 bridgehead atoms. The van der Waals surface area contributed by atoms with Gasteiger partial charge in [0.05, 0.1) is 18.8 Å². The highest BCUT2D eigenvalue weighted by Crippen LogP contribution is 2.18. The van der Waals surface area contributed by atoms with Crippen LogP contribution in [-0.2, 0) is 4.79 Å². The number of hydrogen-bond acceptors (Lipinski definition) is 5. The van der Waals surface area contributed by atoms with Gasteiger partial charge in [-0.25, -0.2) is 0 Å². The smallest absolute Gasteiger partial charge is 0.249 e. The zero-order valence-electron chi connectivity index (χ0n) is 39.8. The van der Waals surface area contributed by atoms with Gasteiger partial charge in [0.15, 0.2) is 0 Å². The van der Waals surface area contributed by atoms with Gasteiger partial charge in [-0.3, -0.25) is 4.79 Å².